The Labute approximate surface area is 89.1 Å². The summed E-state index contributed by atoms with van der Waals surface area (Å²) >= 11 is 1.90. The van der Waals surface area contributed by atoms with E-state index in [4.69, 9.17) is 0 Å². The highest BCUT2D eigenvalue weighted by atomic mass is 32.2. The van der Waals surface area contributed by atoms with Crippen molar-refractivity contribution in [2.75, 3.05) is 11.5 Å². The Kier molecular flexibility index (Phi) is 4.45. The van der Waals surface area contributed by atoms with E-state index in [-0.39, 0.29) is 10.8 Å². The summed E-state index contributed by atoms with van der Waals surface area (Å²) < 4.78 is 0. The lowest BCUT2D eigenvalue weighted by molar-refractivity contribution is -0.433. The molecule has 1 fully saturated rings. The molecule has 1 aliphatic heterocycles. The number of hydrogen-bond acceptors (Lipinski definition) is 3. The van der Waals surface area contributed by atoms with Gasteiger partial charge < -0.3 is 0 Å². The molecule has 0 bridgehead atoms. The fourth-order valence-electron chi connectivity index (χ4n) is 1.60. The average molecular weight is 215 g/mol. The highest BCUT2D eigenvalue weighted by Gasteiger charge is 2.20. The van der Waals surface area contributed by atoms with Crippen molar-refractivity contribution in [3.05, 3.63) is 21.9 Å². The number of nitro groups is 1. The molecule has 80 valence electrons. The van der Waals surface area contributed by atoms with Crippen LogP contribution in [-0.2, 0) is 0 Å². The molecule has 0 saturated carbocycles. The van der Waals surface area contributed by atoms with Crippen molar-refractivity contribution in [2.45, 2.75) is 26.7 Å². The van der Waals surface area contributed by atoms with Crippen LogP contribution in [0.3, 0.4) is 0 Å². The summed E-state index contributed by atoms with van der Waals surface area (Å²) in [6, 6.07) is 0. The molecule has 1 rings (SSSR count). The Morgan fingerprint density at radius 1 is 1.64 bits per heavy atom. The van der Waals surface area contributed by atoms with Crippen LogP contribution in [0.2, 0.25) is 0 Å². The maximum absolute atomic E-state index is 10.7. The summed E-state index contributed by atoms with van der Waals surface area (Å²) in [6.45, 7) is 3.76. The SMILES string of the molecule is CC(C)/C(=C\C1CCCSC1)[N+](=O)[O-]. The van der Waals surface area contributed by atoms with Crippen molar-refractivity contribution in [3.8, 4) is 0 Å². The van der Waals surface area contributed by atoms with E-state index in [1.165, 1.54) is 12.2 Å². The van der Waals surface area contributed by atoms with Crippen LogP contribution in [0, 0.1) is 22.0 Å². The molecule has 0 radical (unpaired) electrons. The van der Waals surface area contributed by atoms with Gasteiger partial charge in [-0.25, -0.2) is 0 Å². The van der Waals surface area contributed by atoms with E-state index in [1.807, 2.05) is 31.7 Å². The summed E-state index contributed by atoms with van der Waals surface area (Å²) in [7, 11) is 0. The second kappa shape index (κ2) is 5.39. The van der Waals surface area contributed by atoms with Crippen molar-refractivity contribution >= 4 is 11.8 Å². The maximum atomic E-state index is 10.7. The molecule has 0 N–H and O–H groups in total. The fraction of sp³-hybridized carbons (Fsp3) is 0.800. The zero-order valence-corrected chi connectivity index (χ0v) is 9.55. The van der Waals surface area contributed by atoms with E-state index in [0.717, 1.165) is 12.2 Å². The molecule has 0 aromatic rings. The van der Waals surface area contributed by atoms with Gasteiger partial charge in [0.1, 0.15) is 0 Å². The molecule has 0 aliphatic carbocycles. The lowest BCUT2D eigenvalue weighted by Crippen LogP contribution is -2.13. The first kappa shape index (κ1) is 11.6. The quantitative estimate of drug-likeness (QED) is 0.537. The topological polar surface area (TPSA) is 43.1 Å². The van der Waals surface area contributed by atoms with Gasteiger partial charge in [-0.15, -0.1) is 0 Å². The summed E-state index contributed by atoms with van der Waals surface area (Å²) in [5, 5.41) is 10.7. The minimum absolute atomic E-state index is 0.0249. The number of rotatable bonds is 3. The Hall–Kier alpha value is -0.510. The zero-order valence-electron chi connectivity index (χ0n) is 8.73. The molecule has 1 heterocycles. The largest absolute Gasteiger partial charge is 0.259 e. The molecule has 0 aromatic carbocycles. The van der Waals surface area contributed by atoms with Crippen molar-refractivity contribution in [1.29, 1.82) is 0 Å². The van der Waals surface area contributed by atoms with Gasteiger partial charge in [0, 0.05) is 5.92 Å². The van der Waals surface area contributed by atoms with Crippen LogP contribution >= 0.6 is 11.8 Å². The lowest BCUT2D eigenvalue weighted by Gasteiger charge is -2.17. The Morgan fingerprint density at radius 3 is 2.79 bits per heavy atom. The highest BCUT2D eigenvalue weighted by molar-refractivity contribution is 7.99. The van der Waals surface area contributed by atoms with Crippen molar-refractivity contribution in [1.82, 2.24) is 0 Å². The number of hydrogen-bond donors (Lipinski definition) is 0. The van der Waals surface area contributed by atoms with Gasteiger partial charge in [-0.05, 0) is 36.3 Å². The van der Waals surface area contributed by atoms with Crippen LogP contribution < -0.4 is 0 Å². The second-order valence-corrected chi connectivity index (χ2v) is 5.13. The van der Waals surface area contributed by atoms with Crippen LogP contribution in [-0.4, -0.2) is 16.4 Å². The van der Waals surface area contributed by atoms with E-state index < -0.39 is 0 Å². The number of nitrogens with zero attached hydrogens (tertiary/aromatic N) is 1. The maximum Gasteiger partial charge on any atom is 0.245 e. The van der Waals surface area contributed by atoms with Crippen molar-refractivity contribution in [2.24, 2.45) is 11.8 Å². The molecule has 1 atom stereocenters. The smallest absolute Gasteiger partial charge is 0.245 e. The van der Waals surface area contributed by atoms with Gasteiger partial charge in [-0.2, -0.15) is 11.8 Å². The first-order chi connectivity index (χ1) is 6.61. The van der Waals surface area contributed by atoms with Crippen LogP contribution in [0.15, 0.2) is 11.8 Å². The number of allylic oxidation sites excluding steroid dienone is 2. The molecule has 1 aliphatic rings. The van der Waals surface area contributed by atoms with E-state index >= 15 is 0 Å². The Bertz CT molecular complexity index is 232. The van der Waals surface area contributed by atoms with Gasteiger partial charge in [0.15, 0.2) is 0 Å². The first-order valence-electron chi connectivity index (χ1n) is 5.05. The minimum Gasteiger partial charge on any atom is -0.259 e. The van der Waals surface area contributed by atoms with E-state index in [2.05, 4.69) is 0 Å². The molecule has 4 heteroatoms. The monoisotopic (exact) mass is 215 g/mol. The van der Waals surface area contributed by atoms with E-state index in [0.29, 0.717) is 11.6 Å². The average Bonchev–Trinajstić information content (AvgIpc) is 2.15. The molecular weight excluding hydrogens is 198 g/mol. The predicted octanol–water partition coefficient (Wildman–Crippen LogP) is 2.95. The van der Waals surface area contributed by atoms with Gasteiger partial charge in [-0.1, -0.05) is 13.8 Å². The zero-order chi connectivity index (χ0) is 10.6. The summed E-state index contributed by atoms with van der Waals surface area (Å²) in [4.78, 5) is 10.5. The minimum atomic E-state index is -0.232. The third-order valence-corrected chi connectivity index (χ3v) is 3.65. The number of thioether (sulfide) groups is 1. The summed E-state index contributed by atoms with van der Waals surface area (Å²) in [5.74, 6) is 2.69. The van der Waals surface area contributed by atoms with Crippen LogP contribution in [0.5, 0.6) is 0 Å². The summed E-state index contributed by atoms with van der Waals surface area (Å²) in [5.41, 5.74) is 0.387. The third-order valence-electron chi connectivity index (χ3n) is 2.40. The highest BCUT2D eigenvalue weighted by Crippen LogP contribution is 2.26. The molecule has 3 nitrogen and oxygen atoms in total. The van der Waals surface area contributed by atoms with Crippen molar-refractivity contribution < 1.29 is 4.92 Å². The van der Waals surface area contributed by atoms with E-state index in [1.54, 1.807) is 0 Å². The fourth-order valence-corrected chi connectivity index (χ4v) is 2.71. The molecule has 1 unspecified atom stereocenters. The second-order valence-electron chi connectivity index (χ2n) is 3.98. The standard InChI is InChI=1S/C10H17NO2S/c1-8(2)10(11(12)13)6-9-4-3-5-14-7-9/h6,8-9H,3-5,7H2,1-2H3/b10-6+. The van der Waals surface area contributed by atoms with Gasteiger partial charge in [0.2, 0.25) is 5.70 Å². The molecule has 0 spiro atoms. The van der Waals surface area contributed by atoms with Gasteiger partial charge in [0.25, 0.3) is 0 Å². The van der Waals surface area contributed by atoms with Crippen molar-refractivity contribution in [3.63, 3.8) is 0 Å². The van der Waals surface area contributed by atoms with E-state index in [9.17, 15) is 10.1 Å². The van der Waals surface area contributed by atoms with Gasteiger partial charge >= 0.3 is 0 Å². The third kappa shape index (κ3) is 3.33. The predicted molar refractivity (Wildman–Crippen MR) is 60.0 cm³/mol. The molecule has 14 heavy (non-hydrogen) atoms. The molecule has 0 amide bonds. The Morgan fingerprint density at radius 2 is 2.36 bits per heavy atom. The molecular formula is C10H17NO2S. The van der Waals surface area contributed by atoms with Gasteiger partial charge in [0.05, 0.1) is 4.92 Å². The van der Waals surface area contributed by atoms with Crippen LogP contribution in [0.25, 0.3) is 0 Å². The normalized spacial score (nSPS) is 23.9. The lowest BCUT2D eigenvalue weighted by atomic mass is 10.0. The Balaban J connectivity index is 2.65. The summed E-state index contributed by atoms with van der Waals surface area (Å²) in [6.07, 6.45) is 4.17. The van der Waals surface area contributed by atoms with Crippen LogP contribution in [0.1, 0.15) is 26.7 Å². The molecule has 1 saturated heterocycles. The van der Waals surface area contributed by atoms with Gasteiger partial charge in [-0.3, -0.25) is 10.1 Å². The molecule has 0 aromatic heterocycles. The first-order valence-corrected chi connectivity index (χ1v) is 6.20. The van der Waals surface area contributed by atoms with Crippen LogP contribution in [0.4, 0.5) is 0 Å².